The number of aliphatic carboxylic acids is 1. The van der Waals surface area contributed by atoms with Gasteiger partial charge in [-0.1, -0.05) is 0 Å². The molecule has 1 unspecified atom stereocenters. The van der Waals surface area contributed by atoms with Gasteiger partial charge in [-0.05, 0) is 19.9 Å². The van der Waals surface area contributed by atoms with Gasteiger partial charge in [0.15, 0.2) is 5.69 Å². The molecule has 3 aromatic heterocycles. The van der Waals surface area contributed by atoms with Gasteiger partial charge in [0, 0.05) is 30.7 Å². The number of nitrogens with one attached hydrogen (secondary N) is 1. The number of carboxylic acid groups (broad SMARTS) is 1. The zero-order valence-electron chi connectivity index (χ0n) is 14.4. The Balaban J connectivity index is 1.63. The fourth-order valence-corrected chi connectivity index (χ4v) is 2.35. The number of amides is 1. The van der Waals surface area contributed by atoms with Gasteiger partial charge in [-0.3, -0.25) is 18.8 Å². The van der Waals surface area contributed by atoms with E-state index in [4.69, 9.17) is 5.11 Å². The minimum Gasteiger partial charge on any atom is -0.480 e. The maximum atomic E-state index is 12.2. The third-order valence-electron chi connectivity index (χ3n) is 3.84. The summed E-state index contributed by atoms with van der Waals surface area (Å²) < 4.78 is 4.75. The van der Waals surface area contributed by atoms with Crippen molar-refractivity contribution in [3.05, 3.63) is 48.3 Å². The van der Waals surface area contributed by atoms with Gasteiger partial charge in [-0.2, -0.15) is 15.3 Å². The molecule has 10 heteroatoms. The van der Waals surface area contributed by atoms with Gasteiger partial charge >= 0.3 is 5.97 Å². The molecule has 3 aromatic rings. The van der Waals surface area contributed by atoms with Gasteiger partial charge in [-0.15, -0.1) is 0 Å². The summed E-state index contributed by atoms with van der Waals surface area (Å²) >= 11 is 0. The second kappa shape index (κ2) is 7.21. The molecule has 0 aliphatic carbocycles. The van der Waals surface area contributed by atoms with Crippen molar-refractivity contribution in [3.63, 3.8) is 0 Å². The van der Waals surface area contributed by atoms with Crippen LogP contribution in [-0.4, -0.2) is 46.3 Å². The number of carboxylic acids is 1. The standard InChI is InChI=1S/C16H19N7O3/c1-3-21-8-12(6-17-21)9-22-10-13(7-18-22)19-15(24)14-4-5-23(20-14)11(2)16(25)26/h4-8,10-11H,3,9H2,1-2H3,(H,19,24)(H,25,26). The first-order chi connectivity index (χ1) is 12.5. The largest absolute Gasteiger partial charge is 0.480 e. The van der Waals surface area contributed by atoms with Crippen LogP contribution < -0.4 is 5.32 Å². The molecule has 10 nitrogen and oxygen atoms in total. The Bertz CT molecular complexity index is 924. The Morgan fingerprint density at radius 2 is 2.00 bits per heavy atom. The van der Waals surface area contributed by atoms with Crippen LogP contribution in [0, 0.1) is 0 Å². The molecule has 26 heavy (non-hydrogen) atoms. The number of aromatic nitrogens is 6. The Morgan fingerprint density at radius 1 is 1.23 bits per heavy atom. The minimum absolute atomic E-state index is 0.134. The van der Waals surface area contributed by atoms with Crippen LogP contribution in [0.3, 0.4) is 0 Å². The van der Waals surface area contributed by atoms with Crippen molar-refractivity contribution in [2.45, 2.75) is 33.0 Å². The van der Waals surface area contributed by atoms with E-state index in [1.807, 2.05) is 17.8 Å². The third-order valence-corrected chi connectivity index (χ3v) is 3.84. The highest BCUT2D eigenvalue weighted by molar-refractivity contribution is 6.02. The van der Waals surface area contributed by atoms with Crippen LogP contribution >= 0.6 is 0 Å². The minimum atomic E-state index is -1.02. The predicted molar refractivity (Wildman–Crippen MR) is 91.8 cm³/mol. The number of nitrogens with zero attached hydrogens (tertiary/aromatic N) is 6. The van der Waals surface area contributed by atoms with E-state index in [1.54, 1.807) is 23.3 Å². The lowest BCUT2D eigenvalue weighted by Crippen LogP contribution is -2.18. The smallest absolute Gasteiger partial charge is 0.328 e. The summed E-state index contributed by atoms with van der Waals surface area (Å²) in [6, 6.07) is 0.626. The normalized spacial score (nSPS) is 12.1. The zero-order valence-corrected chi connectivity index (χ0v) is 14.4. The number of hydrogen-bond donors (Lipinski definition) is 2. The number of carbonyl (C=O) groups excluding carboxylic acids is 1. The Morgan fingerprint density at radius 3 is 2.69 bits per heavy atom. The number of hydrogen-bond acceptors (Lipinski definition) is 5. The van der Waals surface area contributed by atoms with Crippen molar-refractivity contribution >= 4 is 17.6 Å². The first kappa shape index (κ1) is 17.4. The Labute approximate surface area is 149 Å². The van der Waals surface area contributed by atoms with Crippen LogP contribution in [0.15, 0.2) is 37.1 Å². The first-order valence-electron chi connectivity index (χ1n) is 8.09. The summed E-state index contributed by atoms with van der Waals surface area (Å²) in [5.74, 6) is -1.45. The van der Waals surface area contributed by atoms with E-state index in [0.717, 1.165) is 12.1 Å². The molecule has 0 bridgehead atoms. The molecular weight excluding hydrogens is 338 g/mol. The molecule has 1 amide bonds. The van der Waals surface area contributed by atoms with Crippen LogP contribution in [0.5, 0.6) is 0 Å². The van der Waals surface area contributed by atoms with Crippen LogP contribution in [-0.2, 0) is 17.9 Å². The van der Waals surface area contributed by atoms with Gasteiger partial charge in [0.1, 0.15) is 6.04 Å². The molecule has 136 valence electrons. The van der Waals surface area contributed by atoms with E-state index in [-0.39, 0.29) is 5.69 Å². The second-order valence-corrected chi connectivity index (χ2v) is 5.78. The summed E-state index contributed by atoms with van der Waals surface area (Å²) in [4.78, 5) is 23.2. The molecule has 3 rings (SSSR count). The molecule has 3 heterocycles. The molecule has 0 spiro atoms. The number of anilines is 1. The van der Waals surface area contributed by atoms with Crippen LogP contribution in [0.4, 0.5) is 5.69 Å². The van der Waals surface area contributed by atoms with E-state index in [0.29, 0.717) is 12.2 Å². The second-order valence-electron chi connectivity index (χ2n) is 5.78. The van der Waals surface area contributed by atoms with Crippen molar-refractivity contribution < 1.29 is 14.7 Å². The molecule has 0 saturated heterocycles. The molecule has 0 aliphatic rings. The van der Waals surface area contributed by atoms with E-state index < -0.39 is 17.9 Å². The van der Waals surface area contributed by atoms with E-state index in [9.17, 15) is 9.59 Å². The molecular formula is C16H19N7O3. The van der Waals surface area contributed by atoms with Crippen molar-refractivity contribution in [1.29, 1.82) is 0 Å². The maximum Gasteiger partial charge on any atom is 0.328 e. The third kappa shape index (κ3) is 3.79. The van der Waals surface area contributed by atoms with Crippen LogP contribution in [0.1, 0.15) is 35.9 Å². The summed E-state index contributed by atoms with van der Waals surface area (Å²) in [6.45, 7) is 4.84. The topological polar surface area (TPSA) is 120 Å². The van der Waals surface area contributed by atoms with E-state index >= 15 is 0 Å². The predicted octanol–water partition coefficient (Wildman–Crippen LogP) is 1.24. The van der Waals surface area contributed by atoms with Crippen molar-refractivity contribution in [2.24, 2.45) is 0 Å². The van der Waals surface area contributed by atoms with Crippen LogP contribution in [0.25, 0.3) is 0 Å². The molecule has 0 aliphatic heterocycles. The van der Waals surface area contributed by atoms with Gasteiger partial charge in [0.25, 0.3) is 5.91 Å². The van der Waals surface area contributed by atoms with Crippen molar-refractivity contribution in [3.8, 4) is 0 Å². The Kier molecular flexibility index (Phi) is 4.83. The van der Waals surface area contributed by atoms with Gasteiger partial charge < -0.3 is 10.4 Å². The molecule has 0 radical (unpaired) electrons. The van der Waals surface area contributed by atoms with Gasteiger partial charge in [0.05, 0.1) is 24.6 Å². The highest BCUT2D eigenvalue weighted by Gasteiger charge is 2.17. The molecule has 0 saturated carbocycles. The highest BCUT2D eigenvalue weighted by atomic mass is 16.4. The summed E-state index contributed by atoms with van der Waals surface area (Å²) in [6.07, 6.45) is 8.43. The fourth-order valence-electron chi connectivity index (χ4n) is 2.35. The number of aryl methyl sites for hydroxylation is 1. The summed E-state index contributed by atoms with van der Waals surface area (Å²) in [7, 11) is 0. The first-order valence-corrected chi connectivity index (χ1v) is 8.09. The van der Waals surface area contributed by atoms with Gasteiger partial charge in [0.2, 0.25) is 0 Å². The zero-order chi connectivity index (χ0) is 18.7. The van der Waals surface area contributed by atoms with Gasteiger partial charge in [-0.25, -0.2) is 4.79 Å². The average molecular weight is 357 g/mol. The van der Waals surface area contributed by atoms with Crippen molar-refractivity contribution in [1.82, 2.24) is 29.3 Å². The maximum absolute atomic E-state index is 12.2. The quantitative estimate of drug-likeness (QED) is 0.656. The lowest BCUT2D eigenvalue weighted by molar-refractivity contribution is -0.140. The fraction of sp³-hybridized carbons (Fsp3) is 0.312. The Hall–Kier alpha value is -3.43. The lowest BCUT2D eigenvalue weighted by Gasteiger charge is -2.05. The molecule has 2 N–H and O–H groups in total. The molecule has 1 atom stereocenters. The average Bonchev–Trinajstić information content (AvgIpc) is 3.35. The number of rotatable bonds is 7. The molecule has 0 fully saturated rings. The summed E-state index contributed by atoms with van der Waals surface area (Å²) in [5.41, 5.74) is 1.67. The van der Waals surface area contributed by atoms with E-state index in [2.05, 4.69) is 20.6 Å². The monoisotopic (exact) mass is 357 g/mol. The summed E-state index contributed by atoms with van der Waals surface area (Å²) in [5, 5.41) is 24.1. The van der Waals surface area contributed by atoms with Crippen molar-refractivity contribution in [2.75, 3.05) is 5.32 Å². The SMILES string of the molecule is CCn1cc(Cn2cc(NC(=O)c3ccn(C(C)C(=O)O)n3)cn2)cn1. The number of carbonyl (C=O) groups is 2. The van der Waals surface area contributed by atoms with E-state index in [1.165, 1.54) is 23.9 Å². The highest BCUT2D eigenvalue weighted by Crippen LogP contribution is 2.11. The molecule has 0 aromatic carbocycles. The lowest BCUT2D eigenvalue weighted by atomic mass is 10.3. The van der Waals surface area contributed by atoms with Crippen LogP contribution in [0.2, 0.25) is 0 Å².